The van der Waals surface area contributed by atoms with Crippen molar-refractivity contribution in [2.45, 2.75) is 37.7 Å². The van der Waals surface area contributed by atoms with E-state index >= 15 is 0 Å². The molecular formula is C13H14Cl2N4O. The minimum absolute atomic E-state index is 0.0397. The van der Waals surface area contributed by atoms with Gasteiger partial charge in [0.2, 0.25) is 5.91 Å². The summed E-state index contributed by atoms with van der Waals surface area (Å²) in [4.78, 5) is 20.7. The molecule has 0 bridgehead atoms. The third-order valence-electron chi connectivity index (χ3n) is 3.18. The summed E-state index contributed by atoms with van der Waals surface area (Å²) in [6.07, 6.45) is 3.66. The van der Waals surface area contributed by atoms with Crippen molar-refractivity contribution in [1.82, 2.24) is 19.9 Å². The zero-order valence-corrected chi connectivity index (χ0v) is 12.4. The number of hydrogen-bond donors (Lipinski definition) is 1. The Morgan fingerprint density at radius 2 is 2.35 bits per heavy atom. The molecule has 0 saturated heterocycles. The summed E-state index contributed by atoms with van der Waals surface area (Å²) < 4.78 is 1.75. The van der Waals surface area contributed by atoms with Crippen LogP contribution in [0.25, 0.3) is 11.2 Å². The fourth-order valence-electron chi connectivity index (χ4n) is 2.11. The van der Waals surface area contributed by atoms with Crippen LogP contribution in [0.1, 0.15) is 31.0 Å². The van der Waals surface area contributed by atoms with E-state index in [1.54, 1.807) is 16.8 Å². The lowest BCUT2D eigenvalue weighted by molar-refractivity contribution is -0.121. The number of carbonyl (C=O) groups excluding carboxylic acids is 1. The zero-order valence-electron chi connectivity index (χ0n) is 10.9. The Morgan fingerprint density at radius 1 is 1.60 bits per heavy atom. The highest BCUT2D eigenvalue weighted by Crippen LogP contribution is 2.25. The molecule has 3 rings (SSSR count). The lowest BCUT2D eigenvalue weighted by atomic mass is 10.4. The normalized spacial score (nSPS) is 16.4. The van der Waals surface area contributed by atoms with Crippen LogP contribution in [0.2, 0.25) is 5.02 Å². The highest BCUT2D eigenvalue weighted by molar-refractivity contribution is 6.31. The minimum atomic E-state index is -0.309. The molecule has 2 aromatic heterocycles. The molecule has 106 valence electrons. The van der Waals surface area contributed by atoms with Crippen molar-refractivity contribution >= 4 is 40.3 Å². The second kappa shape index (κ2) is 5.22. The highest BCUT2D eigenvalue weighted by Gasteiger charge is 2.25. The average Bonchev–Trinajstić information content (AvgIpc) is 3.11. The van der Waals surface area contributed by atoms with Crippen molar-refractivity contribution in [2.24, 2.45) is 0 Å². The van der Waals surface area contributed by atoms with Gasteiger partial charge in [0.1, 0.15) is 17.9 Å². The molecule has 20 heavy (non-hydrogen) atoms. The first-order valence-electron chi connectivity index (χ1n) is 6.49. The molecule has 1 aliphatic rings. The number of nitrogens with zero attached hydrogens (tertiary/aromatic N) is 3. The molecular weight excluding hydrogens is 299 g/mol. The third-order valence-corrected chi connectivity index (χ3v) is 3.58. The standard InChI is InChI=1S/C13H14Cl2N4O/c1-7(14)12-18-10-4-8(15)5-16-13(10)19(12)6-11(20)17-9-2-3-9/h4-5,7,9H,2-3,6H2,1H3,(H,17,20). The first kappa shape index (κ1) is 13.6. The maximum Gasteiger partial charge on any atom is 0.240 e. The maximum atomic E-state index is 12.0. The van der Waals surface area contributed by atoms with Crippen LogP contribution in [-0.2, 0) is 11.3 Å². The van der Waals surface area contributed by atoms with E-state index in [0.29, 0.717) is 28.1 Å². The second-order valence-corrected chi connectivity index (χ2v) is 6.10. The number of amides is 1. The van der Waals surface area contributed by atoms with Crippen molar-refractivity contribution in [3.05, 3.63) is 23.1 Å². The van der Waals surface area contributed by atoms with Gasteiger partial charge >= 0.3 is 0 Å². The summed E-state index contributed by atoms with van der Waals surface area (Å²) in [5.74, 6) is 0.587. The number of imidazole rings is 1. The van der Waals surface area contributed by atoms with Gasteiger partial charge in [0.15, 0.2) is 5.65 Å². The Morgan fingerprint density at radius 3 is 3.00 bits per heavy atom. The van der Waals surface area contributed by atoms with Gasteiger partial charge in [-0.2, -0.15) is 0 Å². The molecule has 1 unspecified atom stereocenters. The Hall–Kier alpha value is -1.33. The smallest absolute Gasteiger partial charge is 0.240 e. The number of aromatic nitrogens is 3. The van der Waals surface area contributed by atoms with Crippen LogP contribution in [0.3, 0.4) is 0 Å². The first-order valence-corrected chi connectivity index (χ1v) is 7.31. The molecule has 1 saturated carbocycles. The van der Waals surface area contributed by atoms with Gasteiger partial charge in [-0.3, -0.25) is 4.79 Å². The van der Waals surface area contributed by atoms with Gasteiger partial charge in [-0.15, -0.1) is 11.6 Å². The lowest BCUT2D eigenvalue weighted by Gasteiger charge is -2.10. The lowest BCUT2D eigenvalue weighted by Crippen LogP contribution is -2.30. The van der Waals surface area contributed by atoms with E-state index in [1.165, 1.54) is 0 Å². The van der Waals surface area contributed by atoms with Crippen molar-refractivity contribution in [3.63, 3.8) is 0 Å². The zero-order chi connectivity index (χ0) is 14.3. The van der Waals surface area contributed by atoms with Crippen LogP contribution in [0, 0.1) is 0 Å². The number of rotatable bonds is 4. The molecule has 1 N–H and O–H groups in total. The molecule has 5 nitrogen and oxygen atoms in total. The largest absolute Gasteiger partial charge is 0.352 e. The molecule has 0 radical (unpaired) electrons. The quantitative estimate of drug-likeness (QED) is 0.883. The summed E-state index contributed by atoms with van der Waals surface area (Å²) in [5.41, 5.74) is 1.28. The SMILES string of the molecule is CC(Cl)c1nc2cc(Cl)cnc2n1CC(=O)NC1CC1. The van der Waals surface area contributed by atoms with E-state index in [1.807, 2.05) is 6.92 Å². The van der Waals surface area contributed by atoms with E-state index in [9.17, 15) is 4.79 Å². The monoisotopic (exact) mass is 312 g/mol. The maximum absolute atomic E-state index is 12.0. The Balaban J connectivity index is 1.97. The van der Waals surface area contributed by atoms with Gasteiger partial charge in [-0.05, 0) is 25.8 Å². The molecule has 2 heterocycles. The van der Waals surface area contributed by atoms with Crippen LogP contribution in [0.5, 0.6) is 0 Å². The van der Waals surface area contributed by atoms with E-state index < -0.39 is 0 Å². The number of halogens is 2. The summed E-state index contributed by atoms with van der Waals surface area (Å²) in [6.45, 7) is 1.99. The summed E-state index contributed by atoms with van der Waals surface area (Å²) in [5, 5.41) is 3.15. The van der Waals surface area contributed by atoms with E-state index in [2.05, 4.69) is 15.3 Å². The molecule has 0 spiro atoms. The van der Waals surface area contributed by atoms with Gasteiger partial charge in [0.25, 0.3) is 0 Å². The number of pyridine rings is 1. The van der Waals surface area contributed by atoms with Gasteiger partial charge in [-0.1, -0.05) is 11.6 Å². The van der Waals surface area contributed by atoms with Crippen molar-refractivity contribution in [1.29, 1.82) is 0 Å². The van der Waals surface area contributed by atoms with Gasteiger partial charge in [0, 0.05) is 12.2 Å². The Bertz CT molecular complexity index is 664. The average molecular weight is 313 g/mol. The third kappa shape index (κ3) is 2.74. The van der Waals surface area contributed by atoms with Crippen molar-refractivity contribution < 1.29 is 4.79 Å². The van der Waals surface area contributed by atoms with Crippen LogP contribution in [-0.4, -0.2) is 26.5 Å². The van der Waals surface area contributed by atoms with Gasteiger partial charge in [0.05, 0.1) is 10.4 Å². The number of nitrogens with one attached hydrogen (secondary N) is 1. The number of hydrogen-bond acceptors (Lipinski definition) is 3. The number of carbonyl (C=O) groups is 1. The summed E-state index contributed by atoms with van der Waals surface area (Å²) >= 11 is 12.1. The number of alkyl halides is 1. The predicted octanol–water partition coefficient (Wildman–Crippen LogP) is 2.66. The van der Waals surface area contributed by atoms with Crippen LogP contribution in [0.4, 0.5) is 0 Å². The predicted molar refractivity (Wildman–Crippen MR) is 78.0 cm³/mol. The van der Waals surface area contributed by atoms with Gasteiger partial charge < -0.3 is 9.88 Å². The van der Waals surface area contributed by atoms with E-state index in [0.717, 1.165) is 12.8 Å². The molecule has 0 aromatic carbocycles. The second-order valence-electron chi connectivity index (χ2n) is 5.01. The Kier molecular flexibility index (Phi) is 3.56. The van der Waals surface area contributed by atoms with Crippen LogP contribution in [0.15, 0.2) is 12.3 Å². The van der Waals surface area contributed by atoms with Crippen LogP contribution >= 0.6 is 23.2 Å². The van der Waals surface area contributed by atoms with Gasteiger partial charge in [-0.25, -0.2) is 9.97 Å². The number of fused-ring (bicyclic) bond motifs is 1. The van der Waals surface area contributed by atoms with Crippen molar-refractivity contribution in [3.8, 4) is 0 Å². The Labute approximate surface area is 126 Å². The molecule has 1 aliphatic carbocycles. The van der Waals surface area contributed by atoms with E-state index in [4.69, 9.17) is 23.2 Å². The van der Waals surface area contributed by atoms with Crippen molar-refractivity contribution in [2.75, 3.05) is 0 Å². The fourth-order valence-corrected chi connectivity index (χ4v) is 2.43. The molecule has 0 aliphatic heterocycles. The minimum Gasteiger partial charge on any atom is -0.352 e. The molecule has 1 amide bonds. The highest BCUT2D eigenvalue weighted by atomic mass is 35.5. The fraction of sp³-hybridized carbons (Fsp3) is 0.462. The van der Waals surface area contributed by atoms with Crippen LogP contribution < -0.4 is 5.32 Å². The van der Waals surface area contributed by atoms with E-state index in [-0.39, 0.29) is 17.8 Å². The summed E-state index contributed by atoms with van der Waals surface area (Å²) in [7, 11) is 0. The molecule has 1 fully saturated rings. The first-order chi connectivity index (χ1) is 9.54. The summed E-state index contributed by atoms with van der Waals surface area (Å²) in [6, 6.07) is 2.05. The molecule has 7 heteroatoms. The molecule has 1 atom stereocenters. The molecule has 2 aromatic rings. The topological polar surface area (TPSA) is 59.8 Å².